The first kappa shape index (κ1) is 15.1. The number of amides is 1. The summed E-state index contributed by atoms with van der Waals surface area (Å²) in [7, 11) is 1.16. The summed E-state index contributed by atoms with van der Waals surface area (Å²) in [6, 6.07) is 3.66. The van der Waals surface area contributed by atoms with Gasteiger partial charge in [-0.05, 0) is 32.0 Å². The standard InChI is InChI=1S/C13H16FNO4/c1-8(2)19-7-12(16)15-9-4-5-11(14)10(6-9)13(17)18-3/h4-6,8H,7H2,1-3H3,(H,15,16). The number of halogens is 1. The molecular formula is C13H16FNO4. The van der Waals surface area contributed by atoms with E-state index >= 15 is 0 Å². The Morgan fingerprint density at radius 2 is 2.05 bits per heavy atom. The van der Waals surface area contributed by atoms with Crippen molar-refractivity contribution in [2.45, 2.75) is 20.0 Å². The number of hydrogen-bond acceptors (Lipinski definition) is 4. The second kappa shape index (κ2) is 6.84. The summed E-state index contributed by atoms with van der Waals surface area (Å²) >= 11 is 0. The molecule has 0 saturated carbocycles. The topological polar surface area (TPSA) is 64.6 Å². The van der Waals surface area contributed by atoms with Crippen LogP contribution in [0, 0.1) is 5.82 Å². The lowest BCUT2D eigenvalue weighted by molar-refractivity contribution is -0.121. The number of hydrogen-bond donors (Lipinski definition) is 1. The van der Waals surface area contributed by atoms with Gasteiger partial charge < -0.3 is 14.8 Å². The summed E-state index contributed by atoms with van der Waals surface area (Å²) in [4.78, 5) is 22.8. The van der Waals surface area contributed by atoms with Crippen molar-refractivity contribution >= 4 is 17.6 Å². The molecule has 0 aliphatic carbocycles. The van der Waals surface area contributed by atoms with Gasteiger partial charge in [-0.1, -0.05) is 0 Å². The molecule has 1 N–H and O–H groups in total. The molecule has 0 fully saturated rings. The maximum atomic E-state index is 13.4. The number of nitrogens with one attached hydrogen (secondary N) is 1. The molecule has 5 nitrogen and oxygen atoms in total. The van der Waals surface area contributed by atoms with Gasteiger partial charge in [-0.15, -0.1) is 0 Å². The third-order valence-electron chi connectivity index (χ3n) is 2.20. The molecule has 1 aromatic carbocycles. The first-order valence-electron chi connectivity index (χ1n) is 5.73. The smallest absolute Gasteiger partial charge is 0.340 e. The number of anilines is 1. The average Bonchev–Trinajstić information content (AvgIpc) is 2.37. The third kappa shape index (κ3) is 4.67. The van der Waals surface area contributed by atoms with Crippen LogP contribution in [-0.4, -0.2) is 31.7 Å². The SMILES string of the molecule is COC(=O)c1cc(NC(=O)COC(C)C)ccc1F. The van der Waals surface area contributed by atoms with Crippen molar-refractivity contribution in [3.05, 3.63) is 29.6 Å². The highest BCUT2D eigenvalue weighted by Gasteiger charge is 2.13. The largest absolute Gasteiger partial charge is 0.465 e. The van der Waals surface area contributed by atoms with Crippen molar-refractivity contribution in [2.75, 3.05) is 19.0 Å². The third-order valence-corrected chi connectivity index (χ3v) is 2.20. The number of benzene rings is 1. The van der Waals surface area contributed by atoms with Crippen LogP contribution >= 0.6 is 0 Å². The highest BCUT2D eigenvalue weighted by Crippen LogP contribution is 2.15. The zero-order chi connectivity index (χ0) is 14.4. The fraction of sp³-hybridized carbons (Fsp3) is 0.385. The Morgan fingerprint density at radius 1 is 1.37 bits per heavy atom. The predicted octanol–water partition coefficient (Wildman–Crippen LogP) is 1.98. The Balaban J connectivity index is 2.74. The van der Waals surface area contributed by atoms with Crippen LogP contribution in [0.5, 0.6) is 0 Å². The summed E-state index contributed by atoms with van der Waals surface area (Å²) in [5.41, 5.74) is 0.0734. The Labute approximate surface area is 110 Å². The van der Waals surface area contributed by atoms with Gasteiger partial charge >= 0.3 is 5.97 Å². The minimum absolute atomic E-state index is 0.0652. The minimum atomic E-state index is -0.799. The van der Waals surface area contributed by atoms with Crippen molar-refractivity contribution in [2.24, 2.45) is 0 Å². The number of carbonyl (C=O) groups is 2. The summed E-state index contributed by atoms with van der Waals surface area (Å²) in [6.45, 7) is 3.50. The van der Waals surface area contributed by atoms with E-state index in [2.05, 4.69) is 10.1 Å². The molecule has 0 saturated heterocycles. The molecule has 0 atom stereocenters. The van der Waals surface area contributed by atoms with Crippen LogP contribution in [0.4, 0.5) is 10.1 Å². The van der Waals surface area contributed by atoms with Crippen LogP contribution in [0.2, 0.25) is 0 Å². The van der Waals surface area contributed by atoms with Gasteiger partial charge in [-0.25, -0.2) is 9.18 Å². The van der Waals surface area contributed by atoms with Crippen LogP contribution in [0.15, 0.2) is 18.2 Å². The maximum Gasteiger partial charge on any atom is 0.340 e. The highest BCUT2D eigenvalue weighted by atomic mass is 19.1. The van der Waals surface area contributed by atoms with Crippen LogP contribution < -0.4 is 5.32 Å². The van der Waals surface area contributed by atoms with E-state index in [1.807, 2.05) is 0 Å². The minimum Gasteiger partial charge on any atom is -0.465 e. The molecular weight excluding hydrogens is 253 g/mol. The first-order chi connectivity index (χ1) is 8.93. The maximum absolute atomic E-state index is 13.4. The molecule has 1 amide bonds. The van der Waals surface area contributed by atoms with E-state index in [4.69, 9.17) is 4.74 Å². The van der Waals surface area contributed by atoms with Crippen LogP contribution in [0.25, 0.3) is 0 Å². The molecule has 0 heterocycles. The van der Waals surface area contributed by atoms with Gasteiger partial charge in [0.2, 0.25) is 5.91 Å². The van der Waals surface area contributed by atoms with Gasteiger partial charge in [0.1, 0.15) is 12.4 Å². The fourth-order valence-corrected chi connectivity index (χ4v) is 1.31. The van der Waals surface area contributed by atoms with Crippen LogP contribution in [-0.2, 0) is 14.3 Å². The van der Waals surface area contributed by atoms with Crippen molar-refractivity contribution < 1.29 is 23.5 Å². The Kier molecular flexibility index (Phi) is 5.44. The molecule has 1 rings (SSSR count). The van der Waals surface area contributed by atoms with E-state index in [9.17, 15) is 14.0 Å². The molecule has 0 aromatic heterocycles. The second-order valence-corrected chi connectivity index (χ2v) is 4.09. The molecule has 0 radical (unpaired) electrons. The van der Waals surface area contributed by atoms with E-state index in [-0.39, 0.29) is 24.2 Å². The lowest BCUT2D eigenvalue weighted by Gasteiger charge is -2.09. The zero-order valence-corrected chi connectivity index (χ0v) is 11.0. The zero-order valence-electron chi connectivity index (χ0n) is 11.0. The van der Waals surface area contributed by atoms with Gasteiger partial charge in [0.15, 0.2) is 0 Å². The van der Waals surface area contributed by atoms with Gasteiger partial charge in [0, 0.05) is 5.69 Å². The van der Waals surface area contributed by atoms with Crippen molar-refractivity contribution in [3.63, 3.8) is 0 Å². The van der Waals surface area contributed by atoms with Crippen LogP contribution in [0.1, 0.15) is 24.2 Å². The summed E-state index contributed by atoms with van der Waals surface area (Å²) in [5.74, 6) is -1.88. The first-order valence-corrected chi connectivity index (χ1v) is 5.73. The number of esters is 1. The molecule has 0 aliphatic rings. The predicted molar refractivity (Wildman–Crippen MR) is 67.5 cm³/mol. The second-order valence-electron chi connectivity index (χ2n) is 4.09. The lowest BCUT2D eigenvalue weighted by Crippen LogP contribution is -2.21. The number of carbonyl (C=O) groups excluding carboxylic acids is 2. The van der Waals surface area contributed by atoms with Crippen molar-refractivity contribution in [3.8, 4) is 0 Å². The van der Waals surface area contributed by atoms with E-state index in [0.29, 0.717) is 5.69 Å². The molecule has 0 unspecified atom stereocenters. The Bertz CT molecular complexity index is 474. The Hall–Kier alpha value is -1.95. The normalized spacial score (nSPS) is 10.4. The average molecular weight is 269 g/mol. The summed E-state index contributed by atoms with van der Waals surface area (Å²) < 4.78 is 22.9. The monoisotopic (exact) mass is 269 g/mol. The molecule has 0 spiro atoms. The molecule has 104 valence electrons. The van der Waals surface area contributed by atoms with Gasteiger partial charge in [0.05, 0.1) is 18.8 Å². The van der Waals surface area contributed by atoms with E-state index in [1.165, 1.54) is 12.1 Å². The van der Waals surface area contributed by atoms with Gasteiger partial charge in [-0.3, -0.25) is 4.79 Å². The highest BCUT2D eigenvalue weighted by molar-refractivity contribution is 5.95. The Morgan fingerprint density at radius 3 is 2.63 bits per heavy atom. The van der Waals surface area contributed by atoms with Gasteiger partial charge in [-0.2, -0.15) is 0 Å². The van der Waals surface area contributed by atoms with Gasteiger partial charge in [0.25, 0.3) is 0 Å². The summed E-state index contributed by atoms with van der Waals surface area (Å²) in [6.07, 6.45) is -0.0652. The molecule has 0 aliphatic heterocycles. The van der Waals surface area contributed by atoms with Crippen molar-refractivity contribution in [1.29, 1.82) is 0 Å². The molecule has 6 heteroatoms. The lowest BCUT2D eigenvalue weighted by atomic mass is 10.2. The molecule has 1 aromatic rings. The van der Waals surface area contributed by atoms with E-state index < -0.39 is 11.8 Å². The molecule has 19 heavy (non-hydrogen) atoms. The van der Waals surface area contributed by atoms with E-state index in [1.54, 1.807) is 13.8 Å². The van der Waals surface area contributed by atoms with Crippen molar-refractivity contribution in [1.82, 2.24) is 0 Å². The summed E-state index contributed by atoms with van der Waals surface area (Å²) in [5, 5.41) is 2.51. The quantitative estimate of drug-likeness (QED) is 0.830. The van der Waals surface area contributed by atoms with E-state index in [0.717, 1.165) is 13.2 Å². The van der Waals surface area contributed by atoms with Crippen LogP contribution in [0.3, 0.4) is 0 Å². The molecule has 0 bridgehead atoms. The number of methoxy groups -OCH3 is 1. The fourth-order valence-electron chi connectivity index (χ4n) is 1.31. The number of ether oxygens (including phenoxy) is 2. The number of rotatable bonds is 5.